The summed E-state index contributed by atoms with van der Waals surface area (Å²) in [4.78, 5) is 13.6. The van der Waals surface area contributed by atoms with Crippen molar-refractivity contribution in [2.45, 2.75) is 29.2 Å². The van der Waals surface area contributed by atoms with Crippen molar-refractivity contribution in [3.63, 3.8) is 0 Å². The minimum atomic E-state index is -3.90. The number of hydrogen-bond acceptors (Lipinski definition) is 4. The summed E-state index contributed by atoms with van der Waals surface area (Å²) in [6.07, 6.45) is 0.682. The van der Waals surface area contributed by atoms with E-state index in [1.165, 1.54) is 55.5 Å². The van der Waals surface area contributed by atoms with Gasteiger partial charge in [-0.3, -0.25) is 9.52 Å². The summed E-state index contributed by atoms with van der Waals surface area (Å²) in [5, 5.41) is 2.93. The molecule has 0 radical (unpaired) electrons. The normalized spacial score (nSPS) is 15.7. The molecule has 2 N–H and O–H groups in total. The SMILES string of the molecule is Cc1cc(S(=O)(=O)Nc2ccc(C(=O)NC3CCSc4ccc(F)cc43)cc2)ccc1F. The number of amides is 1. The van der Waals surface area contributed by atoms with Gasteiger partial charge in [-0.15, -0.1) is 11.8 Å². The molecule has 166 valence electrons. The van der Waals surface area contributed by atoms with Crippen LogP contribution in [-0.4, -0.2) is 20.1 Å². The topological polar surface area (TPSA) is 75.3 Å². The number of hydrogen-bond donors (Lipinski definition) is 2. The number of fused-ring (bicyclic) bond motifs is 1. The van der Waals surface area contributed by atoms with Crippen molar-refractivity contribution in [3.8, 4) is 0 Å². The molecular formula is C23H20F2N2O3S2. The van der Waals surface area contributed by atoms with Crippen LogP contribution in [0.1, 0.15) is 33.9 Å². The Morgan fingerprint density at radius 1 is 1.03 bits per heavy atom. The molecule has 1 aliphatic rings. The lowest BCUT2D eigenvalue weighted by Crippen LogP contribution is -2.30. The van der Waals surface area contributed by atoms with E-state index in [9.17, 15) is 22.0 Å². The summed E-state index contributed by atoms with van der Waals surface area (Å²) in [5.41, 5.74) is 1.60. The number of thioether (sulfide) groups is 1. The molecule has 1 atom stereocenters. The van der Waals surface area contributed by atoms with E-state index in [4.69, 9.17) is 0 Å². The highest BCUT2D eigenvalue weighted by atomic mass is 32.2. The lowest BCUT2D eigenvalue weighted by Gasteiger charge is -2.26. The second kappa shape index (κ2) is 8.91. The Morgan fingerprint density at radius 2 is 1.78 bits per heavy atom. The minimum absolute atomic E-state index is 0.0562. The molecule has 3 aromatic rings. The van der Waals surface area contributed by atoms with E-state index in [1.54, 1.807) is 17.8 Å². The quantitative estimate of drug-likeness (QED) is 0.543. The summed E-state index contributed by atoms with van der Waals surface area (Å²) in [5.74, 6) is -0.354. The maximum atomic E-state index is 13.7. The van der Waals surface area contributed by atoms with Gasteiger partial charge >= 0.3 is 0 Å². The van der Waals surface area contributed by atoms with Gasteiger partial charge in [0.1, 0.15) is 11.6 Å². The van der Waals surface area contributed by atoms with E-state index in [1.807, 2.05) is 0 Å². The fourth-order valence-electron chi connectivity index (χ4n) is 3.44. The molecule has 1 aliphatic heterocycles. The van der Waals surface area contributed by atoms with Gasteiger partial charge in [0.15, 0.2) is 0 Å². The molecule has 0 saturated heterocycles. The van der Waals surface area contributed by atoms with Crippen LogP contribution in [0.4, 0.5) is 14.5 Å². The van der Waals surface area contributed by atoms with E-state index in [0.29, 0.717) is 12.0 Å². The molecule has 9 heteroatoms. The first-order valence-electron chi connectivity index (χ1n) is 9.85. The Kier molecular flexibility index (Phi) is 6.21. The molecule has 32 heavy (non-hydrogen) atoms. The lowest BCUT2D eigenvalue weighted by molar-refractivity contribution is 0.0935. The summed E-state index contributed by atoms with van der Waals surface area (Å²) >= 11 is 1.63. The van der Waals surface area contributed by atoms with Gasteiger partial charge in [-0.2, -0.15) is 0 Å². The molecule has 3 aromatic carbocycles. The van der Waals surface area contributed by atoms with Crippen molar-refractivity contribution in [1.29, 1.82) is 0 Å². The standard InChI is InChI=1S/C23H20F2N2O3S2/c1-14-12-18(7-8-20(14)25)32(29,30)27-17-5-2-15(3-6-17)23(28)26-21-10-11-31-22-9-4-16(24)13-19(21)22/h2-9,12-13,21,27H,10-11H2,1H3,(H,26,28). The predicted molar refractivity (Wildman–Crippen MR) is 120 cm³/mol. The van der Waals surface area contributed by atoms with Crippen LogP contribution in [0.3, 0.4) is 0 Å². The summed E-state index contributed by atoms with van der Waals surface area (Å²) in [6, 6.07) is 13.8. The van der Waals surface area contributed by atoms with Gasteiger partial charge in [0.05, 0.1) is 10.9 Å². The van der Waals surface area contributed by atoms with Gasteiger partial charge in [0.25, 0.3) is 15.9 Å². The van der Waals surface area contributed by atoms with Crippen LogP contribution in [0.15, 0.2) is 70.5 Å². The predicted octanol–water partition coefficient (Wildman–Crippen LogP) is 5.04. The summed E-state index contributed by atoms with van der Waals surface area (Å²) < 4.78 is 54.6. The number of sulfonamides is 1. The Morgan fingerprint density at radius 3 is 2.50 bits per heavy atom. The monoisotopic (exact) mass is 474 g/mol. The largest absolute Gasteiger partial charge is 0.345 e. The molecule has 0 aromatic heterocycles. The number of carbonyl (C=O) groups excluding carboxylic acids is 1. The lowest BCUT2D eigenvalue weighted by atomic mass is 10.0. The van der Waals surface area contributed by atoms with Gasteiger partial charge in [-0.05, 0) is 85.1 Å². The van der Waals surface area contributed by atoms with E-state index in [2.05, 4.69) is 10.0 Å². The van der Waals surface area contributed by atoms with E-state index in [0.717, 1.165) is 22.3 Å². The molecule has 4 rings (SSSR count). The van der Waals surface area contributed by atoms with Crippen LogP contribution in [-0.2, 0) is 10.0 Å². The fourth-order valence-corrected chi connectivity index (χ4v) is 5.69. The average molecular weight is 475 g/mol. The summed E-state index contributed by atoms with van der Waals surface area (Å²) in [7, 11) is -3.90. The van der Waals surface area contributed by atoms with Crippen molar-refractivity contribution < 1.29 is 22.0 Å². The third kappa shape index (κ3) is 4.78. The molecule has 1 unspecified atom stereocenters. The average Bonchev–Trinajstić information content (AvgIpc) is 2.76. The van der Waals surface area contributed by atoms with Gasteiger partial charge < -0.3 is 5.32 Å². The van der Waals surface area contributed by atoms with Crippen molar-refractivity contribution in [2.75, 3.05) is 10.5 Å². The van der Waals surface area contributed by atoms with Crippen molar-refractivity contribution >= 4 is 33.4 Å². The van der Waals surface area contributed by atoms with Gasteiger partial charge in [-0.25, -0.2) is 17.2 Å². The number of aryl methyl sites for hydroxylation is 1. The maximum Gasteiger partial charge on any atom is 0.261 e. The third-order valence-corrected chi connectivity index (χ3v) is 7.66. The first-order chi connectivity index (χ1) is 15.2. The number of rotatable bonds is 5. The fraction of sp³-hybridized carbons (Fsp3) is 0.174. The summed E-state index contributed by atoms with van der Waals surface area (Å²) in [6.45, 7) is 1.49. The second-order valence-corrected chi connectivity index (χ2v) is 10.3. The molecule has 0 fully saturated rings. The molecule has 0 saturated carbocycles. The Labute approximate surface area is 189 Å². The smallest absolute Gasteiger partial charge is 0.261 e. The first kappa shape index (κ1) is 22.3. The Bertz CT molecular complexity index is 1280. The van der Waals surface area contributed by atoms with E-state index in [-0.39, 0.29) is 33.9 Å². The van der Waals surface area contributed by atoms with Crippen LogP contribution in [0, 0.1) is 18.6 Å². The molecule has 0 spiro atoms. The van der Waals surface area contributed by atoms with Crippen molar-refractivity contribution in [2.24, 2.45) is 0 Å². The zero-order valence-electron chi connectivity index (χ0n) is 17.1. The number of nitrogens with one attached hydrogen (secondary N) is 2. The van der Waals surface area contributed by atoms with E-state index < -0.39 is 15.8 Å². The molecule has 1 heterocycles. The number of anilines is 1. The van der Waals surface area contributed by atoms with Crippen molar-refractivity contribution in [3.05, 3.63) is 89.0 Å². The molecular weight excluding hydrogens is 454 g/mol. The Balaban J connectivity index is 1.46. The zero-order valence-corrected chi connectivity index (χ0v) is 18.7. The maximum absolute atomic E-state index is 13.7. The first-order valence-corrected chi connectivity index (χ1v) is 12.3. The second-order valence-electron chi connectivity index (χ2n) is 7.44. The Hall–Kier alpha value is -2.91. The van der Waals surface area contributed by atoms with E-state index >= 15 is 0 Å². The van der Waals surface area contributed by atoms with Crippen LogP contribution in [0.2, 0.25) is 0 Å². The number of carbonyl (C=O) groups is 1. The van der Waals surface area contributed by atoms with Crippen LogP contribution < -0.4 is 10.0 Å². The zero-order chi connectivity index (χ0) is 22.9. The number of halogens is 2. The highest BCUT2D eigenvalue weighted by molar-refractivity contribution is 7.99. The van der Waals surface area contributed by atoms with Crippen molar-refractivity contribution in [1.82, 2.24) is 5.32 Å². The minimum Gasteiger partial charge on any atom is -0.345 e. The molecule has 5 nitrogen and oxygen atoms in total. The van der Waals surface area contributed by atoms with Crippen LogP contribution in [0.5, 0.6) is 0 Å². The highest BCUT2D eigenvalue weighted by Crippen LogP contribution is 2.36. The van der Waals surface area contributed by atoms with Gasteiger partial charge in [0.2, 0.25) is 0 Å². The molecule has 0 aliphatic carbocycles. The molecule has 1 amide bonds. The van der Waals surface area contributed by atoms with Gasteiger partial charge in [0, 0.05) is 21.9 Å². The van der Waals surface area contributed by atoms with Gasteiger partial charge in [-0.1, -0.05) is 0 Å². The highest BCUT2D eigenvalue weighted by Gasteiger charge is 2.23. The number of benzene rings is 3. The third-order valence-electron chi connectivity index (χ3n) is 5.16. The van der Waals surface area contributed by atoms with Crippen LogP contribution in [0.25, 0.3) is 0 Å². The molecule has 0 bridgehead atoms. The van der Waals surface area contributed by atoms with Crippen LogP contribution >= 0.6 is 11.8 Å².